The average Bonchev–Trinajstić information content (AvgIpc) is 2.83. The smallest absolute Gasteiger partial charge is 0.224 e. The molecule has 0 bridgehead atoms. The Kier molecular flexibility index (Phi) is 5.40. The molecule has 2 aromatic rings. The van der Waals surface area contributed by atoms with Crippen molar-refractivity contribution in [1.29, 1.82) is 0 Å². The van der Waals surface area contributed by atoms with E-state index < -0.39 is 0 Å². The Morgan fingerprint density at radius 1 is 1.04 bits per heavy atom. The lowest BCUT2D eigenvalue weighted by Gasteiger charge is -2.16. The summed E-state index contributed by atoms with van der Waals surface area (Å²) in [5.41, 5.74) is 0.629. The number of anilines is 2. The van der Waals surface area contributed by atoms with E-state index in [1.807, 2.05) is 6.07 Å². The van der Waals surface area contributed by atoms with Gasteiger partial charge in [0.05, 0.1) is 0 Å². The standard InChI is InChI=1S/C18H23FN4/c19-16-10-6-5-7-14(16)13-21-17-11-12-20-18(23-17)22-15-8-3-1-2-4-9-15/h5-7,10-12,15H,1-4,8-9,13H2,(H2,20,21,22,23). The third-order valence-electron chi connectivity index (χ3n) is 4.26. The largest absolute Gasteiger partial charge is 0.366 e. The van der Waals surface area contributed by atoms with Crippen LogP contribution >= 0.6 is 0 Å². The summed E-state index contributed by atoms with van der Waals surface area (Å²) in [7, 11) is 0. The molecule has 23 heavy (non-hydrogen) atoms. The summed E-state index contributed by atoms with van der Waals surface area (Å²) in [6.07, 6.45) is 9.26. The number of benzene rings is 1. The second-order valence-electron chi connectivity index (χ2n) is 6.04. The first-order valence-electron chi connectivity index (χ1n) is 8.38. The summed E-state index contributed by atoms with van der Waals surface area (Å²) < 4.78 is 13.6. The number of nitrogens with one attached hydrogen (secondary N) is 2. The highest BCUT2D eigenvalue weighted by Gasteiger charge is 2.13. The van der Waals surface area contributed by atoms with Gasteiger partial charge in [0.25, 0.3) is 0 Å². The lowest BCUT2D eigenvalue weighted by atomic mass is 10.1. The summed E-state index contributed by atoms with van der Waals surface area (Å²) in [6.45, 7) is 0.409. The van der Waals surface area contributed by atoms with Gasteiger partial charge < -0.3 is 10.6 Å². The van der Waals surface area contributed by atoms with Crippen molar-refractivity contribution in [2.45, 2.75) is 51.1 Å². The van der Waals surface area contributed by atoms with Gasteiger partial charge in [0.15, 0.2) is 0 Å². The molecule has 1 fully saturated rings. The van der Waals surface area contributed by atoms with E-state index in [1.165, 1.54) is 44.6 Å². The third-order valence-corrected chi connectivity index (χ3v) is 4.26. The highest BCUT2D eigenvalue weighted by Crippen LogP contribution is 2.20. The van der Waals surface area contributed by atoms with Crippen LogP contribution in [0.5, 0.6) is 0 Å². The van der Waals surface area contributed by atoms with Crippen molar-refractivity contribution in [3.63, 3.8) is 0 Å². The number of nitrogens with zero attached hydrogens (tertiary/aromatic N) is 2. The Labute approximate surface area is 136 Å². The molecule has 2 N–H and O–H groups in total. The maximum atomic E-state index is 13.6. The summed E-state index contributed by atoms with van der Waals surface area (Å²) in [4.78, 5) is 8.79. The molecule has 1 aromatic heterocycles. The molecule has 0 saturated heterocycles. The first kappa shape index (κ1) is 15.7. The van der Waals surface area contributed by atoms with Gasteiger partial charge in [-0.25, -0.2) is 9.37 Å². The lowest BCUT2D eigenvalue weighted by molar-refractivity contribution is 0.612. The Bertz CT molecular complexity index is 624. The van der Waals surface area contributed by atoms with Crippen molar-refractivity contribution in [2.75, 3.05) is 10.6 Å². The topological polar surface area (TPSA) is 49.8 Å². The maximum Gasteiger partial charge on any atom is 0.224 e. The maximum absolute atomic E-state index is 13.6. The molecule has 0 atom stereocenters. The Morgan fingerprint density at radius 3 is 2.61 bits per heavy atom. The van der Waals surface area contributed by atoms with Gasteiger partial charge in [-0.05, 0) is 25.0 Å². The monoisotopic (exact) mass is 314 g/mol. The van der Waals surface area contributed by atoms with Gasteiger partial charge in [0.2, 0.25) is 5.95 Å². The van der Waals surface area contributed by atoms with E-state index in [1.54, 1.807) is 24.4 Å². The van der Waals surface area contributed by atoms with Gasteiger partial charge in [0, 0.05) is 24.3 Å². The van der Waals surface area contributed by atoms with Crippen molar-refractivity contribution >= 4 is 11.8 Å². The van der Waals surface area contributed by atoms with Gasteiger partial charge in [-0.3, -0.25) is 0 Å². The molecule has 122 valence electrons. The van der Waals surface area contributed by atoms with E-state index in [-0.39, 0.29) is 5.82 Å². The average molecular weight is 314 g/mol. The van der Waals surface area contributed by atoms with E-state index in [0.29, 0.717) is 29.9 Å². The normalized spacial score (nSPS) is 15.9. The predicted molar refractivity (Wildman–Crippen MR) is 90.9 cm³/mol. The van der Waals surface area contributed by atoms with Crippen LogP contribution in [0, 0.1) is 5.82 Å². The van der Waals surface area contributed by atoms with E-state index in [9.17, 15) is 4.39 Å². The molecule has 5 heteroatoms. The summed E-state index contributed by atoms with van der Waals surface area (Å²) >= 11 is 0. The van der Waals surface area contributed by atoms with E-state index in [2.05, 4.69) is 20.6 Å². The van der Waals surface area contributed by atoms with Crippen LogP contribution in [0.15, 0.2) is 36.5 Å². The fraction of sp³-hybridized carbons (Fsp3) is 0.444. The van der Waals surface area contributed by atoms with Crippen molar-refractivity contribution in [1.82, 2.24) is 9.97 Å². The van der Waals surface area contributed by atoms with Crippen LogP contribution in [0.4, 0.5) is 16.2 Å². The van der Waals surface area contributed by atoms with Crippen LogP contribution in [0.25, 0.3) is 0 Å². The first-order chi connectivity index (χ1) is 11.3. The second kappa shape index (κ2) is 7.90. The highest BCUT2D eigenvalue weighted by atomic mass is 19.1. The number of hydrogen-bond donors (Lipinski definition) is 2. The fourth-order valence-corrected chi connectivity index (χ4v) is 2.96. The molecular weight excluding hydrogens is 291 g/mol. The Balaban J connectivity index is 1.59. The molecule has 0 radical (unpaired) electrons. The van der Waals surface area contributed by atoms with E-state index >= 15 is 0 Å². The molecule has 0 spiro atoms. The van der Waals surface area contributed by atoms with Crippen LogP contribution in [-0.2, 0) is 6.54 Å². The summed E-state index contributed by atoms with van der Waals surface area (Å²) in [5, 5.41) is 6.60. The zero-order chi connectivity index (χ0) is 15.9. The van der Waals surface area contributed by atoms with Crippen LogP contribution in [0.3, 0.4) is 0 Å². The molecule has 1 aliphatic rings. The summed E-state index contributed by atoms with van der Waals surface area (Å²) in [6, 6.07) is 9.03. The van der Waals surface area contributed by atoms with Gasteiger partial charge in [-0.2, -0.15) is 4.98 Å². The van der Waals surface area contributed by atoms with Crippen LogP contribution < -0.4 is 10.6 Å². The molecule has 4 nitrogen and oxygen atoms in total. The van der Waals surface area contributed by atoms with Gasteiger partial charge >= 0.3 is 0 Å². The van der Waals surface area contributed by atoms with Gasteiger partial charge in [0.1, 0.15) is 11.6 Å². The van der Waals surface area contributed by atoms with Crippen molar-refractivity contribution in [2.24, 2.45) is 0 Å². The zero-order valence-electron chi connectivity index (χ0n) is 13.3. The number of rotatable bonds is 5. The molecule has 1 heterocycles. The molecule has 3 rings (SSSR count). The molecule has 0 amide bonds. The van der Waals surface area contributed by atoms with Crippen molar-refractivity contribution in [3.8, 4) is 0 Å². The lowest BCUT2D eigenvalue weighted by Crippen LogP contribution is -2.20. The van der Waals surface area contributed by atoms with Gasteiger partial charge in [-0.1, -0.05) is 43.9 Å². The second-order valence-corrected chi connectivity index (χ2v) is 6.04. The molecule has 1 aromatic carbocycles. The van der Waals surface area contributed by atoms with E-state index in [0.717, 1.165) is 0 Å². The van der Waals surface area contributed by atoms with E-state index in [4.69, 9.17) is 0 Å². The zero-order valence-corrected chi connectivity index (χ0v) is 13.3. The Hall–Kier alpha value is -2.17. The minimum absolute atomic E-state index is 0.203. The Morgan fingerprint density at radius 2 is 1.83 bits per heavy atom. The SMILES string of the molecule is Fc1ccccc1CNc1ccnc(NC2CCCCCC2)n1. The van der Waals surface area contributed by atoms with Gasteiger partial charge in [-0.15, -0.1) is 0 Å². The molecular formula is C18H23FN4. The predicted octanol–water partition coefficient (Wildman–Crippen LogP) is 4.36. The quantitative estimate of drug-likeness (QED) is 0.805. The minimum Gasteiger partial charge on any atom is -0.366 e. The first-order valence-corrected chi connectivity index (χ1v) is 8.38. The van der Waals surface area contributed by atoms with Crippen molar-refractivity contribution in [3.05, 3.63) is 47.9 Å². The molecule has 0 aliphatic heterocycles. The minimum atomic E-state index is -0.203. The number of hydrogen-bond acceptors (Lipinski definition) is 4. The molecule has 1 aliphatic carbocycles. The van der Waals surface area contributed by atoms with Crippen LogP contribution in [0.2, 0.25) is 0 Å². The third kappa shape index (κ3) is 4.65. The highest BCUT2D eigenvalue weighted by molar-refractivity contribution is 5.40. The molecule has 0 unspecified atom stereocenters. The number of halogens is 1. The van der Waals surface area contributed by atoms with Crippen LogP contribution in [-0.4, -0.2) is 16.0 Å². The fourth-order valence-electron chi connectivity index (χ4n) is 2.96. The van der Waals surface area contributed by atoms with Crippen LogP contribution in [0.1, 0.15) is 44.1 Å². The number of aromatic nitrogens is 2. The summed E-state index contributed by atoms with van der Waals surface area (Å²) in [5.74, 6) is 1.15. The molecule has 1 saturated carbocycles. The van der Waals surface area contributed by atoms with Crippen molar-refractivity contribution < 1.29 is 4.39 Å².